The van der Waals surface area contributed by atoms with Gasteiger partial charge in [0.25, 0.3) is 0 Å². The third-order valence-electron chi connectivity index (χ3n) is 3.64. The fourth-order valence-corrected chi connectivity index (χ4v) is 2.26. The molecule has 1 atom stereocenters. The van der Waals surface area contributed by atoms with Crippen molar-refractivity contribution in [3.8, 4) is 11.5 Å². The molecular weight excluding hydrogens is 248 g/mol. The van der Waals surface area contributed by atoms with Crippen LogP contribution in [0.1, 0.15) is 43.7 Å². The van der Waals surface area contributed by atoms with Crippen molar-refractivity contribution >= 4 is 11.6 Å². The molecule has 0 aromatic heterocycles. The van der Waals surface area contributed by atoms with Gasteiger partial charge in [0.05, 0.1) is 19.6 Å². The number of halogens is 1. The number of benzene rings is 1. The molecule has 1 aromatic carbocycles. The summed E-state index contributed by atoms with van der Waals surface area (Å²) in [5, 5.41) is -0.0395. The Hall–Kier alpha value is -0.890. The van der Waals surface area contributed by atoms with Gasteiger partial charge in [-0.1, -0.05) is 20.8 Å². The smallest absolute Gasteiger partial charge is 0.161 e. The Morgan fingerprint density at radius 2 is 1.67 bits per heavy atom. The zero-order chi connectivity index (χ0) is 13.9. The van der Waals surface area contributed by atoms with Gasteiger partial charge in [0.15, 0.2) is 11.5 Å². The standard InChI is InChI=1S/C15H23ClO2/c1-7-15(3,4)14(16)11-9-13(18-6)12(17-5)8-10(11)2/h8-9,14H,7H2,1-6H3. The number of hydrogen-bond donors (Lipinski definition) is 0. The number of methoxy groups -OCH3 is 2. The lowest BCUT2D eigenvalue weighted by Gasteiger charge is -2.30. The Morgan fingerprint density at radius 3 is 2.11 bits per heavy atom. The molecule has 1 unspecified atom stereocenters. The molecule has 0 fully saturated rings. The average molecular weight is 271 g/mol. The van der Waals surface area contributed by atoms with Crippen molar-refractivity contribution in [1.82, 2.24) is 0 Å². The van der Waals surface area contributed by atoms with Crippen molar-refractivity contribution in [2.24, 2.45) is 5.41 Å². The van der Waals surface area contributed by atoms with Crippen LogP contribution in [0.4, 0.5) is 0 Å². The van der Waals surface area contributed by atoms with Crippen molar-refractivity contribution in [3.05, 3.63) is 23.3 Å². The predicted molar refractivity (Wildman–Crippen MR) is 76.9 cm³/mol. The summed E-state index contributed by atoms with van der Waals surface area (Å²) >= 11 is 6.63. The summed E-state index contributed by atoms with van der Waals surface area (Å²) in [5.41, 5.74) is 2.29. The fourth-order valence-electron chi connectivity index (χ4n) is 1.87. The van der Waals surface area contributed by atoms with Gasteiger partial charge in [-0.05, 0) is 42.0 Å². The number of aryl methyl sites for hydroxylation is 1. The number of rotatable bonds is 5. The van der Waals surface area contributed by atoms with E-state index in [-0.39, 0.29) is 10.8 Å². The van der Waals surface area contributed by atoms with Gasteiger partial charge in [0.1, 0.15) is 0 Å². The van der Waals surface area contributed by atoms with Crippen molar-refractivity contribution in [3.63, 3.8) is 0 Å². The third-order valence-corrected chi connectivity index (χ3v) is 4.47. The summed E-state index contributed by atoms with van der Waals surface area (Å²) in [7, 11) is 3.29. The molecule has 0 amide bonds. The summed E-state index contributed by atoms with van der Waals surface area (Å²) in [6.07, 6.45) is 1.02. The maximum absolute atomic E-state index is 6.63. The predicted octanol–water partition coefficient (Wildman–Crippen LogP) is 4.73. The first-order valence-corrected chi connectivity index (χ1v) is 6.67. The Kier molecular flexibility index (Phi) is 4.92. The topological polar surface area (TPSA) is 18.5 Å². The molecule has 102 valence electrons. The van der Waals surface area contributed by atoms with Crippen molar-refractivity contribution < 1.29 is 9.47 Å². The minimum absolute atomic E-state index is 0.0395. The van der Waals surface area contributed by atoms with E-state index in [2.05, 4.69) is 27.7 Å². The summed E-state index contributed by atoms with van der Waals surface area (Å²) in [6, 6.07) is 3.97. The zero-order valence-electron chi connectivity index (χ0n) is 12.1. The zero-order valence-corrected chi connectivity index (χ0v) is 12.9. The van der Waals surface area contributed by atoms with E-state index >= 15 is 0 Å². The molecule has 1 aromatic rings. The van der Waals surface area contributed by atoms with Crippen molar-refractivity contribution in [2.45, 2.75) is 39.5 Å². The molecular formula is C15H23ClO2. The molecule has 0 spiro atoms. The SMILES string of the molecule is CCC(C)(C)C(Cl)c1cc(OC)c(OC)cc1C. The largest absolute Gasteiger partial charge is 0.493 e. The van der Waals surface area contributed by atoms with Crippen LogP contribution in [0, 0.1) is 12.3 Å². The lowest BCUT2D eigenvalue weighted by atomic mass is 9.81. The van der Waals surface area contributed by atoms with E-state index in [1.165, 1.54) is 0 Å². The van der Waals surface area contributed by atoms with Crippen LogP contribution in [0.2, 0.25) is 0 Å². The number of hydrogen-bond acceptors (Lipinski definition) is 2. The van der Waals surface area contributed by atoms with Gasteiger partial charge in [0, 0.05) is 0 Å². The highest BCUT2D eigenvalue weighted by atomic mass is 35.5. The summed E-state index contributed by atoms with van der Waals surface area (Å²) in [6.45, 7) is 8.57. The lowest BCUT2D eigenvalue weighted by Crippen LogP contribution is -2.18. The first-order valence-electron chi connectivity index (χ1n) is 6.24. The Balaban J connectivity index is 3.25. The fraction of sp³-hybridized carbons (Fsp3) is 0.600. The van der Waals surface area contributed by atoms with E-state index in [0.29, 0.717) is 0 Å². The Bertz CT molecular complexity index is 413. The maximum atomic E-state index is 6.63. The second-order valence-electron chi connectivity index (χ2n) is 5.27. The van der Waals surface area contributed by atoms with Crippen LogP contribution in [0.5, 0.6) is 11.5 Å². The maximum Gasteiger partial charge on any atom is 0.161 e. The molecule has 0 bridgehead atoms. The highest BCUT2D eigenvalue weighted by Gasteiger charge is 2.29. The van der Waals surface area contributed by atoms with E-state index in [9.17, 15) is 0 Å². The van der Waals surface area contributed by atoms with Gasteiger partial charge in [-0.2, -0.15) is 0 Å². The van der Waals surface area contributed by atoms with E-state index in [1.807, 2.05) is 12.1 Å². The second kappa shape index (κ2) is 5.83. The lowest BCUT2D eigenvalue weighted by molar-refractivity contribution is 0.331. The van der Waals surface area contributed by atoms with E-state index in [0.717, 1.165) is 29.0 Å². The number of alkyl halides is 1. The molecule has 0 saturated heterocycles. The van der Waals surface area contributed by atoms with Crippen LogP contribution in [-0.2, 0) is 0 Å². The summed E-state index contributed by atoms with van der Waals surface area (Å²) in [5.74, 6) is 1.48. The van der Waals surface area contributed by atoms with E-state index in [4.69, 9.17) is 21.1 Å². The van der Waals surface area contributed by atoms with Crippen LogP contribution in [0.15, 0.2) is 12.1 Å². The molecule has 1 rings (SSSR count). The highest BCUT2D eigenvalue weighted by Crippen LogP contribution is 2.45. The molecule has 0 saturated carbocycles. The molecule has 2 nitrogen and oxygen atoms in total. The summed E-state index contributed by atoms with van der Waals surface area (Å²) < 4.78 is 10.6. The quantitative estimate of drug-likeness (QED) is 0.720. The minimum Gasteiger partial charge on any atom is -0.493 e. The molecule has 0 aliphatic rings. The molecule has 3 heteroatoms. The molecule has 0 N–H and O–H groups in total. The van der Waals surface area contributed by atoms with Gasteiger partial charge < -0.3 is 9.47 Å². The summed E-state index contributed by atoms with van der Waals surface area (Å²) in [4.78, 5) is 0. The second-order valence-corrected chi connectivity index (χ2v) is 5.70. The van der Waals surface area contributed by atoms with Gasteiger partial charge in [-0.15, -0.1) is 11.6 Å². The van der Waals surface area contributed by atoms with Crippen LogP contribution in [0.3, 0.4) is 0 Å². The number of ether oxygens (including phenoxy) is 2. The average Bonchev–Trinajstić information content (AvgIpc) is 2.37. The first kappa shape index (κ1) is 15.2. The van der Waals surface area contributed by atoms with Crippen molar-refractivity contribution in [2.75, 3.05) is 14.2 Å². The molecule has 0 heterocycles. The van der Waals surface area contributed by atoms with Gasteiger partial charge in [-0.25, -0.2) is 0 Å². The van der Waals surface area contributed by atoms with Gasteiger partial charge in [-0.3, -0.25) is 0 Å². The first-order chi connectivity index (χ1) is 8.37. The molecule has 18 heavy (non-hydrogen) atoms. The van der Waals surface area contributed by atoms with Crippen molar-refractivity contribution in [1.29, 1.82) is 0 Å². The molecule has 0 aliphatic carbocycles. The van der Waals surface area contributed by atoms with Crippen LogP contribution in [0.25, 0.3) is 0 Å². The van der Waals surface area contributed by atoms with Crippen LogP contribution >= 0.6 is 11.6 Å². The normalized spacial score (nSPS) is 13.3. The van der Waals surface area contributed by atoms with E-state index < -0.39 is 0 Å². The third kappa shape index (κ3) is 2.92. The Morgan fingerprint density at radius 1 is 1.17 bits per heavy atom. The highest BCUT2D eigenvalue weighted by molar-refractivity contribution is 6.21. The van der Waals surface area contributed by atoms with Gasteiger partial charge in [0.2, 0.25) is 0 Å². The molecule has 0 aliphatic heterocycles. The monoisotopic (exact) mass is 270 g/mol. The Labute approximate surface area is 115 Å². The van der Waals surface area contributed by atoms with Crippen LogP contribution in [-0.4, -0.2) is 14.2 Å². The van der Waals surface area contributed by atoms with E-state index in [1.54, 1.807) is 14.2 Å². The van der Waals surface area contributed by atoms with Gasteiger partial charge >= 0.3 is 0 Å². The molecule has 0 radical (unpaired) electrons. The van der Waals surface area contributed by atoms with Crippen LogP contribution < -0.4 is 9.47 Å². The minimum atomic E-state index is -0.0395.